The van der Waals surface area contributed by atoms with E-state index < -0.39 is 35.3 Å². The molecule has 0 aromatic heterocycles. The first-order valence-electron chi connectivity index (χ1n) is 15.5. The molecular formula is C33H52N2O7. The van der Waals surface area contributed by atoms with E-state index in [4.69, 9.17) is 18.9 Å². The lowest BCUT2D eigenvalue weighted by molar-refractivity contribution is -0.195. The van der Waals surface area contributed by atoms with Gasteiger partial charge in [-0.1, -0.05) is 26.0 Å². The molecule has 2 N–H and O–H groups in total. The zero-order chi connectivity index (χ0) is 31.3. The average Bonchev–Trinajstić information content (AvgIpc) is 2.97. The van der Waals surface area contributed by atoms with Gasteiger partial charge in [-0.2, -0.15) is 0 Å². The molecular weight excluding hydrogens is 536 g/mol. The van der Waals surface area contributed by atoms with Crippen LogP contribution in [0.25, 0.3) is 0 Å². The van der Waals surface area contributed by atoms with Crippen molar-refractivity contribution in [3.05, 3.63) is 46.8 Å². The quantitative estimate of drug-likeness (QED) is 0.173. The smallest absolute Gasteiger partial charge is 0.340 e. The summed E-state index contributed by atoms with van der Waals surface area (Å²) in [6.45, 7) is 13.6. The predicted octanol–water partition coefficient (Wildman–Crippen LogP) is 5.28. The summed E-state index contributed by atoms with van der Waals surface area (Å²) in [4.78, 5) is 42.1. The van der Waals surface area contributed by atoms with Gasteiger partial charge < -0.3 is 29.6 Å². The monoisotopic (exact) mass is 588 g/mol. The molecule has 0 heterocycles. The van der Waals surface area contributed by atoms with Gasteiger partial charge in [-0.15, -0.1) is 0 Å². The van der Waals surface area contributed by atoms with Crippen LogP contribution in [0, 0.1) is 11.8 Å². The highest BCUT2D eigenvalue weighted by molar-refractivity contribution is 5.96. The molecule has 0 radical (unpaired) electrons. The zero-order valence-corrected chi connectivity index (χ0v) is 26.8. The average molecular weight is 589 g/mol. The molecule has 0 saturated heterocycles. The Morgan fingerprint density at radius 2 is 1.14 bits per heavy atom. The fraction of sp³-hybridized carbons (Fsp3) is 0.667. The highest BCUT2D eigenvalue weighted by Crippen LogP contribution is 2.44. The largest absolute Gasteiger partial charge is 0.465 e. The molecule has 0 bridgehead atoms. The van der Waals surface area contributed by atoms with Crippen LogP contribution in [0.5, 0.6) is 0 Å². The van der Waals surface area contributed by atoms with Gasteiger partial charge in [-0.3, -0.25) is 9.59 Å². The van der Waals surface area contributed by atoms with Gasteiger partial charge >= 0.3 is 17.9 Å². The number of methoxy groups -OCH3 is 1. The summed E-state index contributed by atoms with van der Waals surface area (Å²) in [6, 6.07) is 0.435. The van der Waals surface area contributed by atoms with E-state index in [1.165, 1.54) is 7.11 Å². The minimum atomic E-state index is -2.10. The molecule has 0 aromatic carbocycles. The molecule has 0 aromatic rings. The van der Waals surface area contributed by atoms with E-state index in [0.717, 1.165) is 37.1 Å². The molecule has 9 heteroatoms. The third-order valence-electron chi connectivity index (χ3n) is 7.86. The number of carbonyl (C=O) groups excluding carboxylic acids is 3. The Bertz CT molecular complexity index is 989. The third-order valence-corrected chi connectivity index (χ3v) is 7.86. The van der Waals surface area contributed by atoms with Gasteiger partial charge in [0.1, 0.15) is 11.8 Å². The van der Waals surface area contributed by atoms with Gasteiger partial charge in [0.2, 0.25) is 0 Å². The molecule has 4 unspecified atom stereocenters. The van der Waals surface area contributed by atoms with Crippen LogP contribution in [0.4, 0.5) is 0 Å². The maximum absolute atomic E-state index is 14.2. The van der Waals surface area contributed by atoms with Crippen molar-refractivity contribution in [1.82, 2.24) is 10.6 Å². The van der Waals surface area contributed by atoms with Crippen LogP contribution in [-0.2, 0) is 33.3 Å². The molecule has 236 valence electrons. The lowest BCUT2D eigenvalue weighted by Gasteiger charge is -2.42. The predicted molar refractivity (Wildman–Crippen MR) is 163 cm³/mol. The van der Waals surface area contributed by atoms with E-state index in [0.29, 0.717) is 24.0 Å². The van der Waals surface area contributed by atoms with E-state index >= 15 is 0 Å². The third kappa shape index (κ3) is 8.49. The number of ether oxygens (including phenoxy) is 4. The molecule has 9 nitrogen and oxygen atoms in total. The van der Waals surface area contributed by atoms with Gasteiger partial charge in [0.25, 0.3) is 0 Å². The van der Waals surface area contributed by atoms with Crippen molar-refractivity contribution in [2.45, 2.75) is 105 Å². The summed E-state index contributed by atoms with van der Waals surface area (Å²) in [6.07, 6.45) is 12.2. The van der Waals surface area contributed by atoms with Crippen molar-refractivity contribution in [1.29, 1.82) is 0 Å². The van der Waals surface area contributed by atoms with Crippen molar-refractivity contribution in [2.24, 2.45) is 11.8 Å². The number of nitrogens with one attached hydrogen (secondary N) is 2. The molecule has 2 aliphatic rings. The second-order valence-corrected chi connectivity index (χ2v) is 10.8. The number of rotatable bonds is 17. The standard InChI is InChI=1S/C33H52N2O7/c1-9-22(6)34-26-18-14-16-24(20-26)28(30(36)40-11-3)33(39-8,32(38)42-13-5)29(31(37)41-12-4)25-17-15-19-27(21-25)35-23(7)10-2/h16-17,20-23,28-29,34-35H,9-15,18-19H2,1-8H3. The number of esters is 3. The van der Waals surface area contributed by atoms with Crippen molar-refractivity contribution in [2.75, 3.05) is 26.9 Å². The summed E-state index contributed by atoms with van der Waals surface area (Å²) in [5.41, 5.74) is 0.849. The van der Waals surface area contributed by atoms with Crippen LogP contribution >= 0.6 is 0 Å². The lowest BCUT2D eigenvalue weighted by atomic mass is 9.68. The Morgan fingerprint density at radius 3 is 1.48 bits per heavy atom. The van der Waals surface area contributed by atoms with Crippen LogP contribution in [0.1, 0.15) is 87.0 Å². The van der Waals surface area contributed by atoms with Crippen LogP contribution in [0.2, 0.25) is 0 Å². The summed E-state index contributed by atoms with van der Waals surface area (Å²) >= 11 is 0. The van der Waals surface area contributed by atoms with E-state index in [9.17, 15) is 14.4 Å². The molecule has 2 aliphatic carbocycles. The van der Waals surface area contributed by atoms with Crippen LogP contribution in [0.3, 0.4) is 0 Å². The first-order chi connectivity index (χ1) is 20.1. The topological polar surface area (TPSA) is 112 Å². The summed E-state index contributed by atoms with van der Waals surface area (Å²) < 4.78 is 22.9. The molecule has 42 heavy (non-hydrogen) atoms. The maximum Gasteiger partial charge on any atom is 0.340 e. The Hall–Kier alpha value is -3.07. The normalized spacial score (nSPS) is 19.3. The first kappa shape index (κ1) is 35.1. The second kappa shape index (κ2) is 17.1. The molecule has 4 atom stereocenters. The number of carbonyl (C=O) groups is 3. The van der Waals surface area contributed by atoms with Gasteiger partial charge in [-0.05, 0) is 96.4 Å². The van der Waals surface area contributed by atoms with Gasteiger partial charge in [-0.25, -0.2) is 4.79 Å². The molecule has 0 aliphatic heterocycles. The molecule has 0 saturated carbocycles. The van der Waals surface area contributed by atoms with Crippen molar-refractivity contribution in [3.63, 3.8) is 0 Å². The van der Waals surface area contributed by atoms with Crippen molar-refractivity contribution < 1.29 is 33.3 Å². The lowest BCUT2D eigenvalue weighted by Crippen LogP contribution is -2.60. The van der Waals surface area contributed by atoms with E-state index in [2.05, 4.69) is 38.3 Å². The van der Waals surface area contributed by atoms with Crippen LogP contribution < -0.4 is 10.6 Å². The fourth-order valence-corrected chi connectivity index (χ4v) is 5.45. The van der Waals surface area contributed by atoms with E-state index in [1.807, 2.05) is 24.3 Å². The molecule has 0 spiro atoms. The number of hydrogen-bond acceptors (Lipinski definition) is 9. The highest BCUT2D eigenvalue weighted by atomic mass is 16.6. The van der Waals surface area contributed by atoms with Crippen molar-refractivity contribution in [3.8, 4) is 0 Å². The van der Waals surface area contributed by atoms with Crippen LogP contribution in [-0.4, -0.2) is 62.5 Å². The Labute approximate surface area is 252 Å². The summed E-state index contributed by atoms with van der Waals surface area (Å²) in [5.74, 6) is -4.77. The summed E-state index contributed by atoms with van der Waals surface area (Å²) in [5, 5.41) is 7.01. The van der Waals surface area contributed by atoms with Gasteiger partial charge in [0.05, 0.1) is 19.8 Å². The van der Waals surface area contributed by atoms with Crippen LogP contribution in [0.15, 0.2) is 46.8 Å². The SMILES string of the molecule is CCOC(=O)C(C1=CCCC(NC(C)CC)=C1)C(OC)(C(=O)OCC)C(C(=O)OCC)C1=CCCC(NC(C)CC)=C1. The fourth-order valence-electron chi connectivity index (χ4n) is 5.45. The molecule has 2 rings (SSSR count). The Balaban J connectivity index is 2.87. The van der Waals surface area contributed by atoms with Gasteiger partial charge in [0, 0.05) is 30.6 Å². The highest BCUT2D eigenvalue weighted by Gasteiger charge is 2.62. The zero-order valence-electron chi connectivity index (χ0n) is 26.8. The summed E-state index contributed by atoms with van der Waals surface area (Å²) in [7, 11) is 1.34. The molecule has 0 fully saturated rings. The first-order valence-corrected chi connectivity index (χ1v) is 15.5. The Kier molecular flexibility index (Phi) is 14.3. The Morgan fingerprint density at radius 1 is 0.738 bits per heavy atom. The molecule has 0 amide bonds. The maximum atomic E-state index is 14.2. The number of hydrogen-bond donors (Lipinski definition) is 2. The minimum Gasteiger partial charge on any atom is -0.465 e. The second-order valence-electron chi connectivity index (χ2n) is 10.8. The minimum absolute atomic E-state index is 0.0282. The van der Waals surface area contributed by atoms with E-state index in [1.54, 1.807) is 20.8 Å². The number of allylic oxidation sites excluding steroid dienone is 6. The van der Waals surface area contributed by atoms with Gasteiger partial charge in [0.15, 0.2) is 5.60 Å². The van der Waals surface area contributed by atoms with E-state index in [-0.39, 0.29) is 31.9 Å². The van der Waals surface area contributed by atoms with Crippen molar-refractivity contribution >= 4 is 17.9 Å².